The van der Waals surface area contributed by atoms with Gasteiger partial charge in [0.25, 0.3) is 5.91 Å². The van der Waals surface area contributed by atoms with E-state index < -0.39 is 11.9 Å². The summed E-state index contributed by atoms with van der Waals surface area (Å²) in [4.78, 5) is 29.1. The van der Waals surface area contributed by atoms with Crippen molar-refractivity contribution < 1.29 is 14.3 Å². The third-order valence-electron chi connectivity index (χ3n) is 4.58. The maximum Gasteiger partial charge on any atom is 0.338 e. The van der Waals surface area contributed by atoms with Gasteiger partial charge in [0.15, 0.2) is 5.69 Å². The summed E-state index contributed by atoms with van der Waals surface area (Å²) in [5.74, 6) is -0.868. The van der Waals surface area contributed by atoms with Crippen molar-refractivity contribution in [2.24, 2.45) is 0 Å². The van der Waals surface area contributed by atoms with E-state index in [0.717, 1.165) is 16.6 Å². The van der Waals surface area contributed by atoms with Gasteiger partial charge in [0.2, 0.25) is 0 Å². The predicted octanol–water partition coefficient (Wildman–Crippen LogP) is 3.55. The van der Waals surface area contributed by atoms with Crippen LogP contribution in [0.1, 0.15) is 33.5 Å². The average Bonchev–Trinajstić information content (AvgIpc) is 3.15. The zero-order chi connectivity index (χ0) is 21.1. The van der Waals surface area contributed by atoms with Crippen molar-refractivity contribution in [3.05, 3.63) is 77.7 Å². The van der Waals surface area contributed by atoms with Crippen LogP contribution in [0.3, 0.4) is 0 Å². The summed E-state index contributed by atoms with van der Waals surface area (Å²) >= 11 is 0. The molecule has 1 N–H and O–H groups in total. The molecule has 0 bridgehead atoms. The van der Waals surface area contributed by atoms with Crippen molar-refractivity contribution in [2.75, 3.05) is 11.9 Å². The van der Waals surface area contributed by atoms with Gasteiger partial charge in [0.1, 0.15) is 0 Å². The lowest BCUT2D eigenvalue weighted by atomic mass is 10.2. The van der Waals surface area contributed by atoms with E-state index in [9.17, 15) is 9.59 Å². The quantitative estimate of drug-likeness (QED) is 0.514. The Morgan fingerprint density at radius 1 is 1.10 bits per heavy atom. The van der Waals surface area contributed by atoms with Gasteiger partial charge < -0.3 is 10.1 Å². The van der Waals surface area contributed by atoms with Gasteiger partial charge in [0.05, 0.1) is 29.1 Å². The molecule has 4 rings (SSSR count). The van der Waals surface area contributed by atoms with E-state index in [1.807, 2.05) is 30.3 Å². The predicted molar refractivity (Wildman–Crippen MR) is 112 cm³/mol. The number of carbonyl (C=O) groups excluding carboxylic acids is 2. The molecular formula is C22H19N5O3. The number of fused-ring (bicyclic) bond motifs is 1. The largest absolute Gasteiger partial charge is 0.462 e. The Bertz CT molecular complexity index is 1240. The van der Waals surface area contributed by atoms with Crippen molar-refractivity contribution in [3.8, 4) is 5.69 Å². The molecule has 0 aliphatic rings. The number of hydrogen-bond acceptors (Lipinski definition) is 6. The molecule has 0 saturated heterocycles. The lowest BCUT2D eigenvalue weighted by Crippen LogP contribution is -2.15. The highest BCUT2D eigenvalue weighted by molar-refractivity contribution is 6.04. The number of carbonyl (C=O) groups is 2. The van der Waals surface area contributed by atoms with E-state index in [4.69, 9.17) is 4.74 Å². The summed E-state index contributed by atoms with van der Waals surface area (Å²) in [6, 6.07) is 16.1. The van der Waals surface area contributed by atoms with E-state index in [-0.39, 0.29) is 12.3 Å². The number of hydrogen-bond donors (Lipinski definition) is 1. The SMILES string of the molecule is CCOC(=O)c1cccc(NC(=O)c2nnn(-c3cccc4cccnc34)c2C)c1. The molecule has 2 aromatic carbocycles. The Balaban J connectivity index is 1.62. The van der Waals surface area contributed by atoms with Crippen LogP contribution < -0.4 is 5.32 Å². The van der Waals surface area contributed by atoms with Crippen molar-refractivity contribution in [3.63, 3.8) is 0 Å². The maximum absolute atomic E-state index is 12.8. The first-order valence-electron chi connectivity index (χ1n) is 9.43. The van der Waals surface area contributed by atoms with Gasteiger partial charge in [-0.15, -0.1) is 5.10 Å². The van der Waals surface area contributed by atoms with Crippen LogP contribution in [-0.2, 0) is 4.74 Å². The second kappa shape index (κ2) is 8.12. The van der Waals surface area contributed by atoms with Crippen LogP contribution in [0.4, 0.5) is 5.69 Å². The molecule has 0 fully saturated rings. The third kappa shape index (κ3) is 3.62. The minimum Gasteiger partial charge on any atom is -0.462 e. The van der Waals surface area contributed by atoms with Crippen LogP contribution in [-0.4, -0.2) is 38.5 Å². The van der Waals surface area contributed by atoms with Crippen LogP contribution in [0.2, 0.25) is 0 Å². The summed E-state index contributed by atoms with van der Waals surface area (Å²) in [6.45, 7) is 3.79. The summed E-state index contributed by atoms with van der Waals surface area (Å²) in [6.07, 6.45) is 1.71. The van der Waals surface area contributed by atoms with Crippen molar-refractivity contribution in [1.29, 1.82) is 0 Å². The minimum absolute atomic E-state index is 0.185. The zero-order valence-corrected chi connectivity index (χ0v) is 16.5. The lowest BCUT2D eigenvalue weighted by molar-refractivity contribution is 0.0526. The van der Waals surface area contributed by atoms with E-state index in [1.54, 1.807) is 49.0 Å². The number of rotatable bonds is 5. The highest BCUT2D eigenvalue weighted by Crippen LogP contribution is 2.22. The standard InChI is InChI=1S/C22H19N5O3/c1-3-30-22(29)16-8-4-10-17(13-16)24-21(28)19-14(2)27(26-25-19)18-11-5-7-15-9-6-12-23-20(15)18/h4-13H,3H2,1-2H3,(H,24,28). The molecule has 0 radical (unpaired) electrons. The molecule has 150 valence electrons. The summed E-state index contributed by atoms with van der Waals surface area (Å²) < 4.78 is 6.59. The van der Waals surface area contributed by atoms with Gasteiger partial charge in [-0.3, -0.25) is 9.78 Å². The zero-order valence-electron chi connectivity index (χ0n) is 16.5. The highest BCUT2D eigenvalue weighted by Gasteiger charge is 2.19. The number of para-hydroxylation sites is 1. The molecule has 2 aromatic heterocycles. The fourth-order valence-electron chi connectivity index (χ4n) is 3.16. The molecule has 0 spiro atoms. The number of nitrogens with one attached hydrogen (secondary N) is 1. The third-order valence-corrected chi connectivity index (χ3v) is 4.58. The molecule has 8 nitrogen and oxygen atoms in total. The Morgan fingerprint density at radius 3 is 2.73 bits per heavy atom. The number of ether oxygens (including phenoxy) is 1. The monoisotopic (exact) mass is 401 g/mol. The second-order valence-electron chi connectivity index (χ2n) is 6.54. The van der Waals surface area contributed by atoms with Gasteiger partial charge in [-0.2, -0.15) is 0 Å². The Hall–Kier alpha value is -4.07. The molecule has 1 amide bonds. The molecule has 0 aliphatic heterocycles. The molecule has 30 heavy (non-hydrogen) atoms. The number of benzene rings is 2. The van der Waals surface area contributed by atoms with E-state index in [2.05, 4.69) is 20.6 Å². The van der Waals surface area contributed by atoms with Crippen LogP contribution in [0.15, 0.2) is 60.8 Å². The highest BCUT2D eigenvalue weighted by atomic mass is 16.5. The van der Waals surface area contributed by atoms with Gasteiger partial charge in [-0.1, -0.05) is 29.5 Å². The van der Waals surface area contributed by atoms with Crippen LogP contribution in [0.25, 0.3) is 16.6 Å². The summed E-state index contributed by atoms with van der Waals surface area (Å²) in [5, 5.41) is 11.9. The first-order chi connectivity index (χ1) is 14.6. The van der Waals surface area contributed by atoms with E-state index in [0.29, 0.717) is 16.9 Å². The van der Waals surface area contributed by atoms with Gasteiger partial charge >= 0.3 is 5.97 Å². The van der Waals surface area contributed by atoms with Crippen molar-refractivity contribution >= 4 is 28.5 Å². The second-order valence-corrected chi connectivity index (χ2v) is 6.54. The summed E-state index contributed by atoms with van der Waals surface area (Å²) in [5.41, 5.74) is 3.09. The molecule has 4 aromatic rings. The Kier molecular flexibility index (Phi) is 5.21. The van der Waals surface area contributed by atoms with Gasteiger partial charge in [-0.05, 0) is 44.2 Å². The molecule has 0 saturated carbocycles. The average molecular weight is 401 g/mol. The van der Waals surface area contributed by atoms with Crippen LogP contribution >= 0.6 is 0 Å². The maximum atomic E-state index is 12.8. The van der Waals surface area contributed by atoms with Crippen molar-refractivity contribution in [2.45, 2.75) is 13.8 Å². The smallest absolute Gasteiger partial charge is 0.338 e. The number of aromatic nitrogens is 4. The first kappa shape index (κ1) is 19.3. The normalized spacial score (nSPS) is 10.7. The molecule has 8 heteroatoms. The lowest BCUT2D eigenvalue weighted by Gasteiger charge is -2.08. The van der Waals surface area contributed by atoms with Crippen LogP contribution in [0, 0.1) is 6.92 Å². The Morgan fingerprint density at radius 2 is 1.90 bits per heavy atom. The topological polar surface area (TPSA) is 99.0 Å². The van der Waals surface area contributed by atoms with E-state index >= 15 is 0 Å². The number of esters is 1. The fourth-order valence-corrected chi connectivity index (χ4v) is 3.16. The van der Waals surface area contributed by atoms with Gasteiger partial charge in [-0.25, -0.2) is 9.48 Å². The molecule has 0 unspecified atom stereocenters. The molecular weight excluding hydrogens is 382 g/mol. The number of nitrogens with zero attached hydrogens (tertiary/aromatic N) is 4. The van der Waals surface area contributed by atoms with Crippen LogP contribution in [0.5, 0.6) is 0 Å². The Labute approximate surface area is 172 Å². The number of anilines is 1. The van der Waals surface area contributed by atoms with E-state index in [1.165, 1.54) is 0 Å². The first-order valence-corrected chi connectivity index (χ1v) is 9.43. The number of pyridine rings is 1. The van der Waals surface area contributed by atoms with Crippen molar-refractivity contribution in [1.82, 2.24) is 20.0 Å². The van der Waals surface area contributed by atoms with Gasteiger partial charge in [0, 0.05) is 17.3 Å². The fraction of sp³-hybridized carbons (Fsp3) is 0.136. The number of amides is 1. The molecule has 2 heterocycles. The molecule has 0 atom stereocenters. The summed E-state index contributed by atoms with van der Waals surface area (Å²) in [7, 11) is 0. The molecule has 0 aliphatic carbocycles. The minimum atomic E-state index is -0.445.